The van der Waals surface area contributed by atoms with E-state index >= 15 is 0 Å². The molecule has 0 aromatic heterocycles. The second-order valence-electron chi connectivity index (χ2n) is 3.03. The number of hydrogen-bond donors (Lipinski definition) is 1. The molecule has 96 valence electrons. The molecule has 1 aromatic rings. The predicted octanol–water partition coefficient (Wildman–Crippen LogP) is 2.29. The van der Waals surface area contributed by atoms with Crippen molar-refractivity contribution in [3.8, 4) is 5.75 Å². The van der Waals surface area contributed by atoms with Gasteiger partial charge in [0.15, 0.2) is 0 Å². The van der Waals surface area contributed by atoms with E-state index in [1.165, 1.54) is 6.07 Å². The van der Waals surface area contributed by atoms with Crippen LogP contribution in [0.15, 0.2) is 24.3 Å². The maximum atomic E-state index is 12.0. The van der Waals surface area contributed by atoms with Gasteiger partial charge in [0, 0.05) is 12.1 Å². The first-order chi connectivity index (χ1) is 8.40. The Morgan fingerprint density at radius 1 is 1.50 bits per heavy atom. The molecule has 0 saturated carbocycles. The topological polar surface area (TPSA) is 89.7 Å². The number of carbonyl (C=O) groups is 1. The van der Waals surface area contributed by atoms with Crippen molar-refractivity contribution in [2.24, 2.45) is 0 Å². The second kappa shape index (κ2) is 5.71. The van der Waals surface area contributed by atoms with Gasteiger partial charge in [-0.15, -0.1) is 0 Å². The monoisotopic (exact) mass is 259 g/mol. The Balaban J connectivity index is 3.10. The van der Waals surface area contributed by atoms with Crippen molar-refractivity contribution in [2.45, 2.75) is 6.61 Å². The quantitative estimate of drug-likeness (QED) is 0.497. The van der Waals surface area contributed by atoms with Gasteiger partial charge in [0.05, 0.1) is 4.92 Å². The van der Waals surface area contributed by atoms with Crippen LogP contribution in [0.1, 0.15) is 5.56 Å². The lowest BCUT2D eigenvalue weighted by atomic mass is 10.1. The molecule has 6 nitrogen and oxygen atoms in total. The fourth-order valence-electron chi connectivity index (χ4n) is 1.14. The van der Waals surface area contributed by atoms with Crippen molar-refractivity contribution in [1.82, 2.24) is 0 Å². The Hall–Kier alpha value is -2.51. The van der Waals surface area contributed by atoms with E-state index in [-0.39, 0.29) is 5.56 Å². The van der Waals surface area contributed by atoms with E-state index in [4.69, 9.17) is 5.11 Å². The third kappa shape index (κ3) is 3.81. The summed E-state index contributed by atoms with van der Waals surface area (Å²) in [6, 6.07) is 3.15. The summed E-state index contributed by atoms with van der Waals surface area (Å²) >= 11 is 0. The number of alkyl halides is 2. The predicted molar refractivity (Wildman–Crippen MR) is 56.4 cm³/mol. The summed E-state index contributed by atoms with van der Waals surface area (Å²) in [5, 5.41) is 19.0. The lowest BCUT2D eigenvalue weighted by Gasteiger charge is -2.05. The summed E-state index contributed by atoms with van der Waals surface area (Å²) in [4.78, 5) is 20.0. The molecular formula is C10H7F2NO5. The molecule has 0 aliphatic carbocycles. The van der Waals surface area contributed by atoms with Gasteiger partial charge >= 0.3 is 18.3 Å². The third-order valence-electron chi connectivity index (χ3n) is 1.81. The summed E-state index contributed by atoms with van der Waals surface area (Å²) in [7, 11) is 0. The van der Waals surface area contributed by atoms with Crippen molar-refractivity contribution in [3.05, 3.63) is 40.0 Å². The van der Waals surface area contributed by atoms with Crippen LogP contribution in [0.5, 0.6) is 5.75 Å². The number of carboxylic acids is 1. The van der Waals surface area contributed by atoms with Crippen LogP contribution in [0.25, 0.3) is 6.08 Å². The Bertz CT molecular complexity index is 501. The number of nitro benzene ring substituents is 1. The molecule has 0 amide bonds. The van der Waals surface area contributed by atoms with Gasteiger partial charge in [-0.1, -0.05) is 6.07 Å². The van der Waals surface area contributed by atoms with Crippen LogP contribution < -0.4 is 4.74 Å². The molecule has 1 aromatic carbocycles. The van der Waals surface area contributed by atoms with Crippen LogP contribution >= 0.6 is 0 Å². The Morgan fingerprint density at radius 3 is 2.67 bits per heavy atom. The highest BCUT2D eigenvalue weighted by Gasteiger charge is 2.18. The number of halogens is 2. The number of carboxylic acid groups (broad SMARTS) is 1. The fraction of sp³-hybridized carbons (Fsp3) is 0.100. The highest BCUT2D eigenvalue weighted by atomic mass is 19.3. The molecule has 0 fully saturated rings. The van der Waals surface area contributed by atoms with Gasteiger partial charge in [-0.3, -0.25) is 10.1 Å². The first kappa shape index (κ1) is 13.6. The molecule has 18 heavy (non-hydrogen) atoms. The van der Waals surface area contributed by atoms with Crippen molar-refractivity contribution in [2.75, 3.05) is 0 Å². The molecular weight excluding hydrogens is 252 g/mol. The van der Waals surface area contributed by atoms with E-state index in [1.54, 1.807) is 0 Å². The van der Waals surface area contributed by atoms with Gasteiger partial charge in [-0.25, -0.2) is 4.79 Å². The molecule has 1 rings (SSSR count). The van der Waals surface area contributed by atoms with Crippen LogP contribution in [0.4, 0.5) is 14.5 Å². The van der Waals surface area contributed by atoms with Crippen LogP contribution in [0.3, 0.4) is 0 Å². The SMILES string of the molecule is O=C(O)/C=C/c1ccc(OC(F)F)c([N+](=O)[O-])c1. The van der Waals surface area contributed by atoms with E-state index in [9.17, 15) is 23.7 Å². The minimum absolute atomic E-state index is 0.186. The zero-order chi connectivity index (χ0) is 13.7. The Labute approximate surface area is 99.3 Å². The van der Waals surface area contributed by atoms with Gasteiger partial charge in [0.1, 0.15) is 0 Å². The second-order valence-corrected chi connectivity index (χ2v) is 3.03. The number of nitrogens with zero attached hydrogens (tertiary/aromatic N) is 1. The van der Waals surface area contributed by atoms with E-state index in [2.05, 4.69) is 4.74 Å². The Morgan fingerprint density at radius 2 is 2.17 bits per heavy atom. The van der Waals surface area contributed by atoms with E-state index < -0.39 is 28.9 Å². The van der Waals surface area contributed by atoms with Gasteiger partial charge in [-0.05, 0) is 17.7 Å². The standard InChI is InChI=1S/C10H7F2NO5/c11-10(12)18-8-3-1-6(2-4-9(14)15)5-7(8)13(16)17/h1-5,10H,(H,14,15)/b4-2+. The molecule has 8 heteroatoms. The smallest absolute Gasteiger partial charge is 0.387 e. The largest absolute Gasteiger partial charge is 0.478 e. The lowest BCUT2D eigenvalue weighted by Crippen LogP contribution is -2.04. The molecule has 0 spiro atoms. The van der Waals surface area contributed by atoms with Gasteiger partial charge < -0.3 is 9.84 Å². The number of ether oxygens (including phenoxy) is 1. The summed E-state index contributed by atoms with van der Waals surface area (Å²) in [6.07, 6.45) is 1.87. The average Bonchev–Trinajstić information content (AvgIpc) is 2.26. The summed E-state index contributed by atoms with van der Waals surface area (Å²) in [5.41, 5.74) is -0.478. The zero-order valence-electron chi connectivity index (χ0n) is 8.75. The van der Waals surface area contributed by atoms with Crippen LogP contribution in [0.2, 0.25) is 0 Å². The maximum absolute atomic E-state index is 12.0. The van der Waals surface area contributed by atoms with Crippen LogP contribution in [-0.4, -0.2) is 22.6 Å². The number of aliphatic carboxylic acids is 1. The van der Waals surface area contributed by atoms with Crippen molar-refractivity contribution in [1.29, 1.82) is 0 Å². The third-order valence-corrected chi connectivity index (χ3v) is 1.81. The van der Waals surface area contributed by atoms with Gasteiger partial charge in [0.2, 0.25) is 5.75 Å². The van der Waals surface area contributed by atoms with Gasteiger partial charge in [0.25, 0.3) is 0 Å². The van der Waals surface area contributed by atoms with E-state index in [0.717, 1.165) is 24.3 Å². The number of nitro groups is 1. The van der Waals surface area contributed by atoms with E-state index in [0.29, 0.717) is 0 Å². The molecule has 0 radical (unpaired) electrons. The maximum Gasteiger partial charge on any atom is 0.387 e. The molecule has 0 heterocycles. The minimum Gasteiger partial charge on any atom is -0.478 e. The molecule has 1 N–H and O–H groups in total. The summed E-state index contributed by atoms with van der Waals surface area (Å²) < 4.78 is 27.9. The van der Waals surface area contributed by atoms with Crippen molar-refractivity contribution >= 4 is 17.7 Å². The normalized spacial score (nSPS) is 10.8. The van der Waals surface area contributed by atoms with Crippen LogP contribution in [-0.2, 0) is 4.79 Å². The number of hydrogen-bond acceptors (Lipinski definition) is 4. The Kier molecular flexibility index (Phi) is 4.30. The molecule has 0 unspecified atom stereocenters. The zero-order valence-corrected chi connectivity index (χ0v) is 8.75. The average molecular weight is 259 g/mol. The molecule has 0 aliphatic rings. The molecule has 0 saturated heterocycles. The molecule has 0 aliphatic heterocycles. The van der Waals surface area contributed by atoms with Crippen molar-refractivity contribution < 1.29 is 28.3 Å². The number of benzene rings is 1. The summed E-state index contributed by atoms with van der Waals surface area (Å²) in [6.45, 7) is -3.18. The first-order valence-corrected chi connectivity index (χ1v) is 4.54. The fourth-order valence-corrected chi connectivity index (χ4v) is 1.14. The van der Waals surface area contributed by atoms with Crippen LogP contribution in [0, 0.1) is 10.1 Å². The molecule has 0 atom stereocenters. The highest BCUT2D eigenvalue weighted by Crippen LogP contribution is 2.29. The van der Waals surface area contributed by atoms with Crippen molar-refractivity contribution in [3.63, 3.8) is 0 Å². The van der Waals surface area contributed by atoms with Gasteiger partial charge in [-0.2, -0.15) is 8.78 Å². The highest BCUT2D eigenvalue weighted by molar-refractivity contribution is 5.85. The minimum atomic E-state index is -3.18. The lowest BCUT2D eigenvalue weighted by molar-refractivity contribution is -0.386. The molecule has 0 bridgehead atoms. The van der Waals surface area contributed by atoms with E-state index in [1.807, 2.05) is 0 Å². The first-order valence-electron chi connectivity index (χ1n) is 4.54. The summed E-state index contributed by atoms with van der Waals surface area (Å²) in [5.74, 6) is -1.81. The number of rotatable bonds is 5.